The maximum absolute atomic E-state index is 12.2. The number of piperazine rings is 1. The molecule has 6 nitrogen and oxygen atoms in total. The van der Waals surface area contributed by atoms with E-state index in [0.717, 1.165) is 25.9 Å². The van der Waals surface area contributed by atoms with Crippen LogP contribution in [-0.4, -0.2) is 61.5 Å². The fourth-order valence-electron chi connectivity index (χ4n) is 3.19. The normalized spacial score (nSPS) is 24.5. The lowest BCUT2D eigenvalue weighted by atomic mass is 9.95. The van der Waals surface area contributed by atoms with Crippen LogP contribution in [0.2, 0.25) is 0 Å². The largest absolute Gasteiger partial charge is 0.355 e. The van der Waals surface area contributed by atoms with Gasteiger partial charge in [-0.25, -0.2) is 0 Å². The Kier molecular flexibility index (Phi) is 6.45. The van der Waals surface area contributed by atoms with Crippen molar-refractivity contribution in [3.63, 3.8) is 0 Å². The first-order valence-electron chi connectivity index (χ1n) is 8.22. The minimum absolute atomic E-state index is 0.00941. The Morgan fingerprint density at radius 3 is 2.71 bits per heavy atom. The molecule has 0 aromatic carbocycles. The average Bonchev–Trinajstić information content (AvgIpc) is 2.49. The molecule has 1 aliphatic heterocycles. The highest BCUT2D eigenvalue weighted by atomic mass is 16.2. The van der Waals surface area contributed by atoms with E-state index in [4.69, 9.17) is 0 Å². The number of nitrogens with zero attached hydrogens (tertiary/aromatic N) is 1. The van der Waals surface area contributed by atoms with E-state index in [9.17, 15) is 9.59 Å². The van der Waals surface area contributed by atoms with Gasteiger partial charge >= 0.3 is 0 Å². The van der Waals surface area contributed by atoms with E-state index in [2.05, 4.69) is 16.0 Å². The first kappa shape index (κ1) is 16.2. The Bertz CT molecular complexity index is 356. The van der Waals surface area contributed by atoms with Crippen LogP contribution in [-0.2, 0) is 9.59 Å². The first-order chi connectivity index (χ1) is 10.2. The van der Waals surface area contributed by atoms with E-state index in [0.29, 0.717) is 25.7 Å². The van der Waals surface area contributed by atoms with Gasteiger partial charge in [0.15, 0.2) is 0 Å². The summed E-state index contributed by atoms with van der Waals surface area (Å²) in [7, 11) is 0. The second-order valence-electron chi connectivity index (χ2n) is 5.99. The van der Waals surface area contributed by atoms with Gasteiger partial charge in [-0.15, -0.1) is 0 Å². The van der Waals surface area contributed by atoms with Crippen molar-refractivity contribution in [1.82, 2.24) is 20.9 Å². The second-order valence-corrected chi connectivity index (χ2v) is 5.99. The summed E-state index contributed by atoms with van der Waals surface area (Å²) in [6.07, 6.45) is 5.88. The van der Waals surface area contributed by atoms with Gasteiger partial charge in [-0.1, -0.05) is 19.3 Å². The Morgan fingerprint density at radius 1 is 1.24 bits per heavy atom. The monoisotopic (exact) mass is 296 g/mol. The molecule has 6 heteroatoms. The molecule has 2 amide bonds. The van der Waals surface area contributed by atoms with Gasteiger partial charge in [0, 0.05) is 32.2 Å². The van der Waals surface area contributed by atoms with E-state index in [1.165, 1.54) is 19.3 Å². The van der Waals surface area contributed by atoms with Crippen LogP contribution in [0.4, 0.5) is 0 Å². The Morgan fingerprint density at radius 2 is 2.00 bits per heavy atom. The molecule has 3 N–H and O–H groups in total. The molecule has 0 aromatic heterocycles. The van der Waals surface area contributed by atoms with Crippen LogP contribution in [0.1, 0.15) is 39.0 Å². The van der Waals surface area contributed by atoms with Gasteiger partial charge in [0.1, 0.15) is 6.04 Å². The highest BCUT2D eigenvalue weighted by Crippen LogP contribution is 2.17. The average molecular weight is 296 g/mol. The molecule has 1 heterocycles. The van der Waals surface area contributed by atoms with E-state index < -0.39 is 0 Å². The summed E-state index contributed by atoms with van der Waals surface area (Å²) in [5.41, 5.74) is 0. The summed E-state index contributed by atoms with van der Waals surface area (Å²) < 4.78 is 0. The van der Waals surface area contributed by atoms with E-state index in [1.807, 2.05) is 11.8 Å². The van der Waals surface area contributed by atoms with Gasteiger partial charge in [-0.3, -0.25) is 14.5 Å². The zero-order valence-corrected chi connectivity index (χ0v) is 13.0. The molecular formula is C15H28N4O2. The first-order valence-corrected chi connectivity index (χ1v) is 8.22. The summed E-state index contributed by atoms with van der Waals surface area (Å²) in [6, 6.07) is 0.0906. The maximum Gasteiger partial charge on any atom is 0.238 e. The number of rotatable bonds is 5. The van der Waals surface area contributed by atoms with Crippen molar-refractivity contribution in [2.45, 2.75) is 51.1 Å². The molecular weight excluding hydrogens is 268 g/mol. The van der Waals surface area contributed by atoms with Gasteiger partial charge in [0.2, 0.25) is 11.8 Å². The summed E-state index contributed by atoms with van der Waals surface area (Å²) in [6.45, 7) is 5.03. The van der Waals surface area contributed by atoms with Crippen molar-refractivity contribution < 1.29 is 9.59 Å². The predicted octanol–water partition coefficient (Wildman–Crippen LogP) is -0.155. The minimum Gasteiger partial charge on any atom is -0.355 e. The zero-order valence-electron chi connectivity index (χ0n) is 13.0. The second kappa shape index (κ2) is 8.34. The van der Waals surface area contributed by atoms with E-state index >= 15 is 0 Å². The van der Waals surface area contributed by atoms with Crippen molar-refractivity contribution in [1.29, 1.82) is 0 Å². The number of carbonyl (C=O) groups excluding carboxylic acids is 2. The van der Waals surface area contributed by atoms with Crippen LogP contribution < -0.4 is 16.0 Å². The summed E-state index contributed by atoms with van der Waals surface area (Å²) in [5, 5.41) is 9.20. The highest BCUT2D eigenvalue weighted by molar-refractivity contribution is 5.84. The molecule has 1 saturated heterocycles. The van der Waals surface area contributed by atoms with Crippen LogP contribution in [0.5, 0.6) is 0 Å². The molecule has 1 aliphatic carbocycles. The van der Waals surface area contributed by atoms with Crippen LogP contribution in [0, 0.1) is 0 Å². The summed E-state index contributed by atoms with van der Waals surface area (Å²) in [4.78, 5) is 26.2. The fraction of sp³-hybridized carbons (Fsp3) is 0.867. The third-order valence-electron chi connectivity index (χ3n) is 4.32. The predicted molar refractivity (Wildman–Crippen MR) is 81.9 cm³/mol. The van der Waals surface area contributed by atoms with Crippen molar-refractivity contribution >= 4 is 11.8 Å². The fourth-order valence-corrected chi connectivity index (χ4v) is 3.19. The standard InChI is InChI=1S/C15H28N4O2/c1-2-17-15(21)13-10-16-8-9-19(13)11-14(20)18-12-6-4-3-5-7-12/h12-13,16H,2-11H2,1H3,(H,17,21)(H,18,20). The third-order valence-corrected chi connectivity index (χ3v) is 4.32. The number of amides is 2. The lowest BCUT2D eigenvalue weighted by Gasteiger charge is -2.35. The molecule has 1 unspecified atom stereocenters. The highest BCUT2D eigenvalue weighted by Gasteiger charge is 2.30. The Balaban J connectivity index is 1.83. The van der Waals surface area contributed by atoms with Crippen molar-refractivity contribution in [2.75, 3.05) is 32.7 Å². The number of hydrogen-bond acceptors (Lipinski definition) is 4. The van der Waals surface area contributed by atoms with E-state index in [-0.39, 0.29) is 17.9 Å². The van der Waals surface area contributed by atoms with Gasteiger partial charge in [-0.05, 0) is 19.8 Å². The Hall–Kier alpha value is -1.14. The summed E-state index contributed by atoms with van der Waals surface area (Å²) in [5.74, 6) is 0.0632. The maximum atomic E-state index is 12.2. The molecule has 0 aromatic rings. The molecule has 0 bridgehead atoms. The lowest BCUT2D eigenvalue weighted by Crippen LogP contribution is -2.60. The summed E-state index contributed by atoms with van der Waals surface area (Å²) >= 11 is 0. The van der Waals surface area contributed by atoms with Crippen LogP contribution >= 0.6 is 0 Å². The molecule has 1 atom stereocenters. The molecule has 2 aliphatic rings. The molecule has 0 spiro atoms. The molecule has 2 fully saturated rings. The molecule has 1 saturated carbocycles. The lowest BCUT2D eigenvalue weighted by molar-refractivity contribution is -0.129. The van der Waals surface area contributed by atoms with Gasteiger partial charge in [0.25, 0.3) is 0 Å². The van der Waals surface area contributed by atoms with E-state index in [1.54, 1.807) is 0 Å². The molecule has 21 heavy (non-hydrogen) atoms. The van der Waals surface area contributed by atoms with Gasteiger partial charge in [0.05, 0.1) is 6.54 Å². The van der Waals surface area contributed by atoms with Crippen molar-refractivity contribution in [2.24, 2.45) is 0 Å². The number of carbonyl (C=O) groups is 2. The van der Waals surface area contributed by atoms with Gasteiger partial charge < -0.3 is 16.0 Å². The van der Waals surface area contributed by atoms with Gasteiger partial charge in [-0.2, -0.15) is 0 Å². The molecule has 2 rings (SSSR count). The quantitative estimate of drug-likeness (QED) is 0.659. The third kappa shape index (κ3) is 4.97. The zero-order chi connectivity index (χ0) is 15.1. The Labute approximate surface area is 127 Å². The van der Waals surface area contributed by atoms with Crippen LogP contribution in [0.15, 0.2) is 0 Å². The number of nitrogens with one attached hydrogen (secondary N) is 3. The number of hydrogen-bond donors (Lipinski definition) is 3. The van der Waals surface area contributed by atoms with Crippen LogP contribution in [0.25, 0.3) is 0 Å². The van der Waals surface area contributed by atoms with Crippen molar-refractivity contribution in [3.05, 3.63) is 0 Å². The molecule has 120 valence electrons. The topological polar surface area (TPSA) is 73.5 Å². The van der Waals surface area contributed by atoms with Crippen molar-refractivity contribution in [3.8, 4) is 0 Å². The smallest absolute Gasteiger partial charge is 0.238 e. The number of likely N-dealkylation sites (N-methyl/N-ethyl adjacent to an activating group) is 1. The minimum atomic E-state index is -0.240. The van der Waals surface area contributed by atoms with Crippen LogP contribution in [0.3, 0.4) is 0 Å². The molecule has 0 radical (unpaired) electrons. The SMILES string of the molecule is CCNC(=O)C1CNCCN1CC(=O)NC1CCCCC1.